The van der Waals surface area contributed by atoms with Crippen LogP contribution in [0.3, 0.4) is 0 Å². The highest BCUT2D eigenvalue weighted by atomic mass is 32.3. The first-order valence-electron chi connectivity index (χ1n) is 11.6. The summed E-state index contributed by atoms with van der Waals surface area (Å²) in [5.74, 6) is -0.619. The van der Waals surface area contributed by atoms with Gasteiger partial charge in [0.25, 0.3) is 0 Å². The Labute approximate surface area is 218 Å². The van der Waals surface area contributed by atoms with Crippen LogP contribution in [0, 0.1) is 11.3 Å². The molecule has 2 aromatic carbocycles. The zero-order chi connectivity index (χ0) is 28.1. The van der Waals surface area contributed by atoms with Crippen LogP contribution < -0.4 is 9.61 Å². The minimum absolute atomic E-state index is 0.174. The molecule has 0 unspecified atom stereocenters. The topological polar surface area (TPSA) is 118 Å². The SMILES string of the molecule is CCCCn1c2cc(-c3cncc(OS(=O)(=O)F)c3)c(C(F)(F)F)cc2c(=O)c2c3ccc(C#N)cc3[nH]c21. The Morgan fingerprint density at radius 3 is 2.56 bits per heavy atom. The van der Waals surface area contributed by atoms with Crippen molar-refractivity contribution in [2.45, 2.75) is 32.5 Å². The maximum atomic E-state index is 14.3. The molecule has 0 aliphatic heterocycles. The molecule has 39 heavy (non-hydrogen) atoms. The highest BCUT2D eigenvalue weighted by Crippen LogP contribution is 2.40. The molecule has 0 aliphatic carbocycles. The zero-order valence-corrected chi connectivity index (χ0v) is 21.0. The number of aryl methyl sites for hydroxylation is 1. The van der Waals surface area contributed by atoms with Crippen molar-refractivity contribution in [2.75, 3.05) is 0 Å². The standard InChI is InChI=1S/C26H18F4N4O4S/c1-2-3-6-34-22-10-18(15-8-16(13-32-12-15)38-39(30,36)37)20(26(27,28)29)9-19(22)24(35)23-17-5-4-14(11-31)7-21(17)33-25(23)34/h4-5,7-10,12-13,33H,2-3,6H2,1H3. The summed E-state index contributed by atoms with van der Waals surface area (Å²) in [5, 5.41) is 9.77. The van der Waals surface area contributed by atoms with Gasteiger partial charge in [0.2, 0.25) is 0 Å². The van der Waals surface area contributed by atoms with Gasteiger partial charge in [-0.05, 0) is 42.3 Å². The number of rotatable bonds is 6. The van der Waals surface area contributed by atoms with Crippen LogP contribution in [-0.4, -0.2) is 23.0 Å². The van der Waals surface area contributed by atoms with Crippen molar-refractivity contribution in [2.24, 2.45) is 0 Å². The number of pyridine rings is 2. The number of aromatic nitrogens is 3. The molecule has 3 aromatic heterocycles. The van der Waals surface area contributed by atoms with Crippen molar-refractivity contribution in [1.29, 1.82) is 5.26 Å². The monoisotopic (exact) mass is 558 g/mol. The Kier molecular flexibility index (Phi) is 6.30. The average Bonchev–Trinajstić information content (AvgIpc) is 3.25. The first-order chi connectivity index (χ1) is 18.4. The van der Waals surface area contributed by atoms with Crippen LogP contribution in [-0.2, 0) is 23.2 Å². The van der Waals surface area contributed by atoms with Gasteiger partial charge in [-0.2, -0.15) is 26.9 Å². The molecule has 0 atom stereocenters. The van der Waals surface area contributed by atoms with E-state index < -0.39 is 39.0 Å². The predicted octanol–water partition coefficient (Wildman–Crippen LogP) is 5.98. The van der Waals surface area contributed by atoms with E-state index in [1.807, 2.05) is 13.0 Å². The molecule has 0 aliphatic rings. The number of hydrogen-bond donors (Lipinski definition) is 1. The van der Waals surface area contributed by atoms with Gasteiger partial charge in [0.1, 0.15) is 5.65 Å². The summed E-state index contributed by atoms with van der Waals surface area (Å²) in [4.78, 5) is 20.5. The first kappa shape index (κ1) is 26.2. The van der Waals surface area contributed by atoms with Crippen molar-refractivity contribution >= 4 is 43.3 Å². The fourth-order valence-electron chi connectivity index (χ4n) is 4.68. The molecule has 3 heterocycles. The summed E-state index contributed by atoms with van der Waals surface area (Å²) in [6.07, 6.45) is -1.63. The van der Waals surface area contributed by atoms with E-state index in [4.69, 9.17) is 0 Å². The Morgan fingerprint density at radius 2 is 1.90 bits per heavy atom. The lowest BCUT2D eigenvalue weighted by Crippen LogP contribution is -2.15. The van der Waals surface area contributed by atoms with Gasteiger partial charge < -0.3 is 13.7 Å². The van der Waals surface area contributed by atoms with Crippen LogP contribution in [0.25, 0.3) is 44.0 Å². The number of benzene rings is 2. The summed E-state index contributed by atoms with van der Waals surface area (Å²) in [6.45, 7) is 2.30. The van der Waals surface area contributed by atoms with E-state index in [-0.39, 0.29) is 21.9 Å². The number of unbranched alkanes of at least 4 members (excludes halogenated alkanes) is 1. The summed E-state index contributed by atoms with van der Waals surface area (Å²) in [7, 11) is -5.45. The van der Waals surface area contributed by atoms with Gasteiger partial charge in [-0.1, -0.05) is 23.3 Å². The number of H-pyrrole nitrogens is 1. The number of nitrogens with one attached hydrogen (secondary N) is 1. The van der Waals surface area contributed by atoms with Crippen LogP contribution in [0.1, 0.15) is 30.9 Å². The van der Waals surface area contributed by atoms with Crippen LogP contribution in [0.5, 0.6) is 5.75 Å². The molecule has 13 heteroatoms. The van der Waals surface area contributed by atoms with Crippen LogP contribution in [0.15, 0.2) is 53.6 Å². The Bertz CT molecular complexity index is 1990. The number of hydrogen-bond acceptors (Lipinski definition) is 6. The second kappa shape index (κ2) is 9.39. The third-order valence-electron chi connectivity index (χ3n) is 6.34. The number of alkyl halides is 3. The molecule has 0 saturated carbocycles. The lowest BCUT2D eigenvalue weighted by molar-refractivity contribution is -0.137. The van der Waals surface area contributed by atoms with Gasteiger partial charge >= 0.3 is 16.7 Å². The van der Waals surface area contributed by atoms with E-state index >= 15 is 0 Å². The van der Waals surface area contributed by atoms with Crippen molar-refractivity contribution in [1.82, 2.24) is 14.5 Å². The van der Waals surface area contributed by atoms with Crippen LogP contribution >= 0.6 is 0 Å². The first-order valence-corrected chi connectivity index (χ1v) is 12.9. The molecular weight excluding hydrogens is 540 g/mol. The van der Waals surface area contributed by atoms with Crippen molar-refractivity contribution in [3.8, 4) is 22.9 Å². The smallest absolute Gasteiger partial charge is 0.357 e. The van der Waals surface area contributed by atoms with Crippen molar-refractivity contribution in [3.05, 3.63) is 70.1 Å². The van der Waals surface area contributed by atoms with Gasteiger partial charge in [0, 0.05) is 34.6 Å². The molecule has 0 bridgehead atoms. The highest BCUT2D eigenvalue weighted by Gasteiger charge is 2.35. The van der Waals surface area contributed by atoms with Gasteiger partial charge in [0.15, 0.2) is 11.2 Å². The van der Waals surface area contributed by atoms with Crippen LogP contribution in [0.2, 0.25) is 0 Å². The number of nitriles is 1. The minimum Gasteiger partial charge on any atom is -0.357 e. The quantitative estimate of drug-likeness (QED) is 0.202. The lowest BCUT2D eigenvalue weighted by atomic mass is 9.96. The molecule has 0 radical (unpaired) electrons. The molecule has 0 fully saturated rings. The third kappa shape index (κ3) is 4.79. The Morgan fingerprint density at radius 1 is 1.13 bits per heavy atom. The molecule has 5 aromatic rings. The molecule has 200 valence electrons. The van der Waals surface area contributed by atoms with Crippen LogP contribution in [0.4, 0.5) is 17.1 Å². The van der Waals surface area contributed by atoms with Crippen molar-refractivity contribution < 1.29 is 29.7 Å². The lowest BCUT2D eigenvalue weighted by Gasteiger charge is -2.18. The zero-order valence-electron chi connectivity index (χ0n) is 20.1. The van der Waals surface area contributed by atoms with Crippen molar-refractivity contribution in [3.63, 3.8) is 0 Å². The number of aromatic amines is 1. The van der Waals surface area contributed by atoms with Gasteiger partial charge in [0.05, 0.1) is 34.3 Å². The van der Waals surface area contributed by atoms with E-state index in [0.717, 1.165) is 30.9 Å². The number of nitrogens with zero attached hydrogens (tertiary/aromatic N) is 3. The van der Waals surface area contributed by atoms with Gasteiger partial charge in [-0.15, -0.1) is 0 Å². The number of halogens is 4. The normalized spacial score (nSPS) is 12.3. The maximum Gasteiger partial charge on any atom is 0.488 e. The molecule has 0 spiro atoms. The molecule has 8 nitrogen and oxygen atoms in total. The summed E-state index contributed by atoms with van der Waals surface area (Å²) in [5.41, 5.74) is -0.985. The average molecular weight is 559 g/mol. The maximum absolute atomic E-state index is 14.3. The van der Waals surface area contributed by atoms with Gasteiger partial charge in [-0.3, -0.25) is 9.78 Å². The fraction of sp³-hybridized carbons (Fsp3) is 0.192. The molecule has 5 rings (SSSR count). The number of fused-ring (bicyclic) bond motifs is 4. The summed E-state index contributed by atoms with van der Waals surface area (Å²) < 4.78 is 83.7. The van der Waals surface area contributed by atoms with E-state index in [0.29, 0.717) is 35.1 Å². The predicted molar refractivity (Wildman–Crippen MR) is 136 cm³/mol. The molecule has 1 N–H and O–H groups in total. The van der Waals surface area contributed by atoms with E-state index in [1.54, 1.807) is 16.7 Å². The van der Waals surface area contributed by atoms with Gasteiger partial charge in [-0.25, -0.2) is 0 Å². The van der Waals surface area contributed by atoms with E-state index in [2.05, 4.69) is 14.2 Å². The second-order valence-corrected chi connectivity index (χ2v) is 9.81. The molecule has 0 amide bonds. The van der Waals surface area contributed by atoms with E-state index in [1.165, 1.54) is 12.1 Å². The Balaban J connectivity index is 1.90. The summed E-state index contributed by atoms with van der Waals surface area (Å²) in [6, 6.07) is 9.56. The third-order valence-corrected chi connectivity index (χ3v) is 6.73. The largest absolute Gasteiger partial charge is 0.488 e. The second-order valence-electron chi connectivity index (χ2n) is 8.85. The highest BCUT2D eigenvalue weighted by molar-refractivity contribution is 7.81. The molecule has 0 saturated heterocycles. The Hall–Kier alpha value is -4.44. The fourth-order valence-corrected chi connectivity index (χ4v) is 5.00. The van der Waals surface area contributed by atoms with E-state index in [9.17, 15) is 35.5 Å². The molecular formula is C26H18F4N4O4S. The minimum atomic E-state index is -5.45. The summed E-state index contributed by atoms with van der Waals surface area (Å²) >= 11 is 0.